The molecule has 0 unspecified atom stereocenters. The minimum atomic E-state index is -1.03. The van der Waals surface area contributed by atoms with Crippen molar-refractivity contribution < 1.29 is 14.3 Å². The number of benzene rings is 1. The van der Waals surface area contributed by atoms with Crippen LogP contribution in [0.3, 0.4) is 0 Å². The largest absolute Gasteiger partial charge is 0.481 e. The number of hydrogen-bond acceptors (Lipinski definition) is 4. The molecule has 0 spiro atoms. The van der Waals surface area contributed by atoms with Crippen LogP contribution in [0.15, 0.2) is 48.0 Å². The van der Waals surface area contributed by atoms with E-state index in [4.69, 9.17) is 14.5 Å². The molecule has 0 amide bonds. The van der Waals surface area contributed by atoms with E-state index in [0.717, 1.165) is 5.56 Å². The standard InChI is InChI=1S/C20H27NO3/c1-7-13-20(14-15-11-9-8-10-12-15)17(22)24-19(5,18(2,3)4)16(21-20)23-6/h7-12H,1,13-14H2,2-6H3/t19-,20-/m1/s1. The minimum Gasteiger partial charge on any atom is -0.481 e. The molecule has 130 valence electrons. The first kappa shape index (κ1) is 18.2. The van der Waals surface area contributed by atoms with Gasteiger partial charge in [0.25, 0.3) is 0 Å². The summed E-state index contributed by atoms with van der Waals surface area (Å²) in [6, 6.07) is 9.81. The quantitative estimate of drug-likeness (QED) is 0.621. The molecule has 1 aromatic rings. The summed E-state index contributed by atoms with van der Waals surface area (Å²) in [6.45, 7) is 11.7. The van der Waals surface area contributed by atoms with Gasteiger partial charge in [-0.05, 0) is 12.5 Å². The van der Waals surface area contributed by atoms with Crippen LogP contribution in [0, 0.1) is 5.41 Å². The Balaban J connectivity index is 2.54. The molecule has 1 aliphatic rings. The third kappa shape index (κ3) is 3.10. The number of aliphatic imine (C=N–C) groups is 1. The van der Waals surface area contributed by atoms with Crippen molar-refractivity contribution in [3.63, 3.8) is 0 Å². The number of esters is 1. The summed E-state index contributed by atoms with van der Waals surface area (Å²) in [4.78, 5) is 17.8. The van der Waals surface area contributed by atoms with Gasteiger partial charge in [0.1, 0.15) is 0 Å². The molecule has 0 aliphatic carbocycles. The zero-order chi connectivity index (χ0) is 18.0. The lowest BCUT2D eigenvalue weighted by Gasteiger charge is -2.46. The highest BCUT2D eigenvalue weighted by atomic mass is 16.6. The first-order valence-electron chi connectivity index (χ1n) is 8.21. The van der Waals surface area contributed by atoms with Gasteiger partial charge in [0.2, 0.25) is 5.90 Å². The van der Waals surface area contributed by atoms with Crippen molar-refractivity contribution in [2.24, 2.45) is 10.4 Å². The molecule has 0 radical (unpaired) electrons. The fourth-order valence-corrected chi connectivity index (χ4v) is 2.87. The molecule has 0 aromatic heterocycles. The number of carbonyl (C=O) groups is 1. The van der Waals surface area contributed by atoms with E-state index >= 15 is 0 Å². The first-order chi connectivity index (χ1) is 11.2. The summed E-state index contributed by atoms with van der Waals surface area (Å²) in [6.07, 6.45) is 2.56. The van der Waals surface area contributed by atoms with Gasteiger partial charge in [-0.1, -0.05) is 57.2 Å². The summed E-state index contributed by atoms with van der Waals surface area (Å²) in [5.74, 6) is 0.122. The molecule has 1 heterocycles. The summed E-state index contributed by atoms with van der Waals surface area (Å²) in [5.41, 5.74) is -1.25. The van der Waals surface area contributed by atoms with Crippen molar-refractivity contribution in [1.29, 1.82) is 0 Å². The zero-order valence-corrected chi connectivity index (χ0v) is 15.3. The van der Waals surface area contributed by atoms with E-state index in [1.54, 1.807) is 13.2 Å². The molecule has 2 atom stereocenters. The van der Waals surface area contributed by atoms with Crippen LogP contribution in [0.2, 0.25) is 0 Å². The van der Waals surface area contributed by atoms with Crippen molar-refractivity contribution in [1.82, 2.24) is 0 Å². The second-order valence-corrected chi connectivity index (χ2v) is 7.48. The Morgan fingerprint density at radius 1 is 1.29 bits per heavy atom. The summed E-state index contributed by atoms with van der Waals surface area (Å²) >= 11 is 0. The Labute approximate surface area is 144 Å². The number of hydrogen-bond donors (Lipinski definition) is 0. The predicted molar refractivity (Wildman–Crippen MR) is 96.1 cm³/mol. The van der Waals surface area contributed by atoms with Crippen LogP contribution in [0.4, 0.5) is 0 Å². The van der Waals surface area contributed by atoms with Gasteiger partial charge in [-0.15, -0.1) is 6.58 Å². The maximum absolute atomic E-state index is 13.0. The molecule has 0 N–H and O–H groups in total. The zero-order valence-electron chi connectivity index (χ0n) is 15.3. The molecule has 4 nitrogen and oxygen atoms in total. The Morgan fingerprint density at radius 2 is 1.92 bits per heavy atom. The van der Waals surface area contributed by atoms with Gasteiger partial charge in [-0.3, -0.25) is 0 Å². The van der Waals surface area contributed by atoms with Crippen LogP contribution in [0.1, 0.15) is 39.7 Å². The Bertz CT molecular complexity index is 645. The van der Waals surface area contributed by atoms with Crippen LogP contribution < -0.4 is 0 Å². The van der Waals surface area contributed by atoms with Gasteiger partial charge in [0, 0.05) is 18.3 Å². The van der Waals surface area contributed by atoms with Gasteiger partial charge in [-0.2, -0.15) is 0 Å². The normalized spacial score (nSPS) is 27.2. The summed E-state index contributed by atoms with van der Waals surface area (Å²) < 4.78 is 11.5. The number of carbonyl (C=O) groups excluding carboxylic acids is 1. The average Bonchev–Trinajstić information content (AvgIpc) is 2.51. The molecule has 1 aromatic carbocycles. The van der Waals surface area contributed by atoms with Gasteiger partial charge in [0.05, 0.1) is 7.11 Å². The lowest BCUT2D eigenvalue weighted by atomic mass is 9.75. The molecule has 4 heteroatoms. The summed E-state index contributed by atoms with van der Waals surface area (Å²) in [5, 5.41) is 0. The van der Waals surface area contributed by atoms with E-state index in [0.29, 0.717) is 18.7 Å². The van der Waals surface area contributed by atoms with Crippen LogP contribution in [0.25, 0.3) is 0 Å². The van der Waals surface area contributed by atoms with Crippen LogP contribution in [-0.4, -0.2) is 30.1 Å². The first-order valence-corrected chi connectivity index (χ1v) is 8.21. The molecule has 1 aliphatic heterocycles. The topological polar surface area (TPSA) is 47.9 Å². The predicted octanol–water partition coefficient (Wildman–Crippen LogP) is 3.95. The van der Waals surface area contributed by atoms with E-state index in [-0.39, 0.29) is 11.4 Å². The van der Waals surface area contributed by atoms with Crippen LogP contribution in [0.5, 0.6) is 0 Å². The van der Waals surface area contributed by atoms with Crippen LogP contribution >= 0.6 is 0 Å². The van der Waals surface area contributed by atoms with E-state index in [9.17, 15) is 4.79 Å². The molecule has 2 rings (SSSR count). The molecule has 0 bridgehead atoms. The lowest BCUT2D eigenvalue weighted by Crippen LogP contribution is -2.60. The fourth-order valence-electron chi connectivity index (χ4n) is 2.87. The van der Waals surface area contributed by atoms with E-state index in [1.807, 2.05) is 58.0 Å². The molecular weight excluding hydrogens is 302 g/mol. The van der Waals surface area contributed by atoms with Gasteiger partial charge in [-0.25, -0.2) is 9.79 Å². The second-order valence-electron chi connectivity index (χ2n) is 7.48. The van der Waals surface area contributed by atoms with Crippen molar-refractivity contribution in [3.8, 4) is 0 Å². The fraction of sp³-hybridized carbons (Fsp3) is 0.500. The van der Waals surface area contributed by atoms with Crippen molar-refractivity contribution >= 4 is 11.9 Å². The van der Waals surface area contributed by atoms with Crippen LogP contribution in [-0.2, 0) is 20.7 Å². The average molecular weight is 329 g/mol. The highest BCUT2D eigenvalue weighted by Gasteiger charge is 2.56. The van der Waals surface area contributed by atoms with E-state index < -0.39 is 11.1 Å². The Kier molecular flexibility index (Phi) is 4.88. The van der Waals surface area contributed by atoms with Gasteiger partial charge >= 0.3 is 5.97 Å². The number of rotatable bonds is 4. The third-order valence-electron chi connectivity index (χ3n) is 4.85. The van der Waals surface area contributed by atoms with Gasteiger partial charge in [0.15, 0.2) is 11.1 Å². The molecule has 0 saturated heterocycles. The number of cyclic esters (lactones) is 1. The van der Waals surface area contributed by atoms with Gasteiger partial charge < -0.3 is 9.47 Å². The van der Waals surface area contributed by atoms with Crippen molar-refractivity contribution in [2.45, 2.75) is 51.7 Å². The van der Waals surface area contributed by atoms with Crippen molar-refractivity contribution in [3.05, 3.63) is 48.6 Å². The second kappa shape index (κ2) is 6.42. The number of nitrogens with zero attached hydrogens (tertiary/aromatic N) is 1. The molecule has 0 saturated carbocycles. The molecule has 24 heavy (non-hydrogen) atoms. The molecule has 0 fully saturated rings. The van der Waals surface area contributed by atoms with E-state index in [1.165, 1.54) is 0 Å². The summed E-state index contributed by atoms with van der Waals surface area (Å²) in [7, 11) is 1.57. The van der Waals surface area contributed by atoms with E-state index in [2.05, 4.69) is 6.58 Å². The minimum absolute atomic E-state index is 0.329. The number of ether oxygens (including phenoxy) is 2. The Hall–Kier alpha value is -2.10. The SMILES string of the molecule is C=CC[C@]1(Cc2ccccc2)N=C(OC)[C@](C)(C(C)(C)C)OC1=O. The highest BCUT2D eigenvalue weighted by Crippen LogP contribution is 2.42. The Morgan fingerprint density at radius 3 is 2.42 bits per heavy atom. The maximum Gasteiger partial charge on any atom is 0.335 e. The highest BCUT2D eigenvalue weighted by molar-refractivity contribution is 5.97. The monoisotopic (exact) mass is 329 g/mol. The number of methoxy groups -OCH3 is 1. The third-order valence-corrected chi connectivity index (χ3v) is 4.85. The lowest BCUT2D eigenvalue weighted by molar-refractivity contribution is -0.172. The maximum atomic E-state index is 13.0. The molecular formula is C20H27NO3. The van der Waals surface area contributed by atoms with Crippen molar-refractivity contribution in [2.75, 3.05) is 7.11 Å². The smallest absolute Gasteiger partial charge is 0.335 e.